The zero-order valence-electron chi connectivity index (χ0n) is 13.5. The van der Waals surface area contributed by atoms with Crippen LogP contribution < -0.4 is 0 Å². The molecule has 0 bridgehead atoms. The third-order valence-corrected chi connectivity index (χ3v) is 5.43. The molecule has 0 saturated heterocycles. The summed E-state index contributed by atoms with van der Waals surface area (Å²) in [5, 5.41) is 4.37. The number of pyridine rings is 2. The maximum Gasteiger partial charge on any atom is 0.433 e. The van der Waals surface area contributed by atoms with E-state index in [1.54, 1.807) is 0 Å². The standard InChI is InChI=1S/C16H13F3N4O2S/c1-3-10-5-13(26(24,25)4-2)15(21-7-10)23-9-11-8-20-14(16(17,18)19)6-12(11)22-23/h3,5-9H,1,4H2,2H3. The molecule has 0 saturated carbocycles. The zero-order chi connectivity index (χ0) is 19.1. The second kappa shape index (κ2) is 6.20. The number of halogens is 3. The molecule has 136 valence electrons. The lowest BCUT2D eigenvalue weighted by Gasteiger charge is -2.09. The van der Waals surface area contributed by atoms with Crippen LogP contribution in [0.15, 0.2) is 42.2 Å². The second-order valence-corrected chi connectivity index (χ2v) is 7.64. The summed E-state index contributed by atoms with van der Waals surface area (Å²) in [5.41, 5.74) is -0.549. The SMILES string of the molecule is C=Cc1cnc(-n2cc3cnc(C(F)(F)F)cc3n2)c(S(=O)(=O)CC)c1. The molecular weight excluding hydrogens is 369 g/mol. The molecule has 0 fully saturated rings. The number of rotatable bonds is 4. The van der Waals surface area contributed by atoms with Crippen molar-refractivity contribution in [2.75, 3.05) is 5.75 Å². The second-order valence-electron chi connectivity index (χ2n) is 5.40. The molecule has 10 heteroatoms. The summed E-state index contributed by atoms with van der Waals surface area (Å²) < 4.78 is 64.3. The summed E-state index contributed by atoms with van der Waals surface area (Å²) in [6.07, 6.45) is 0.673. The predicted octanol–water partition coefficient (Wildman–Crippen LogP) is 3.27. The fourth-order valence-corrected chi connectivity index (χ4v) is 3.35. The topological polar surface area (TPSA) is 77.7 Å². The Bertz CT molecular complexity index is 1100. The van der Waals surface area contributed by atoms with Gasteiger partial charge in [-0.25, -0.2) is 18.1 Å². The molecule has 0 radical (unpaired) electrons. The van der Waals surface area contributed by atoms with Crippen LogP contribution in [0.5, 0.6) is 0 Å². The molecule has 0 atom stereocenters. The first kappa shape index (κ1) is 18.1. The molecule has 3 aromatic heterocycles. The lowest BCUT2D eigenvalue weighted by Crippen LogP contribution is -2.11. The maximum atomic E-state index is 12.8. The van der Waals surface area contributed by atoms with Crippen LogP contribution >= 0.6 is 0 Å². The van der Waals surface area contributed by atoms with Crippen molar-refractivity contribution in [2.45, 2.75) is 18.0 Å². The summed E-state index contributed by atoms with van der Waals surface area (Å²) in [6.45, 7) is 5.06. The smallest absolute Gasteiger partial charge is 0.251 e. The average molecular weight is 382 g/mol. The third-order valence-electron chi connectivity index (χ3n) is 3.70. The van der Waals surface area contributed by atoms with E-state index in [4.69, 9.17) is 0 Å². The Kier molecular flexibility index (Phi) is 4.31. The number of sulfone groups is 1. The third kappa shape index (κ3) is 3.19. The van der Waals surface area contributed by atoms with Crippen molar-refractivity contribution < 1.29 is 21.6 Å². The molecule has 0 N–H and O–H groups in total. The number of nitrogens with zero attached hydrogens (tertiary/aromatic N) is 4. The van der Waals surface area contributed by atoms with Gasteiger partial charge in [-0.15, -0.1) is 0 Å². The van der Waals surface area contributed by atoms with Crippen LogP contribution in [-0.4, -0.2) is 33.9 Å². The molecule has 0 aliphatic rings. The van der Waals surface area contributed by atoms with E-state index in [9.17, 15) is 21.6 Å². The summed E-state index contributed by atoms with van der Waals surface area (Å²) in [4.78, 5) is 7.40. The quantitative estimate of drug-likeness (QED) is 0.692. The van der Waals surface area contributed by atoms with Gasteiger partial charge in [-0.3, -0.25) is 4.98 Å². The van der Waals surface area contributed by atoms with Crippen LogP contribution in [0.4, 0.5) is 13.2 Å². The maximum absolute atomic E-state index is 12.8. The molecule has 0 spiro atoms. The van der Waals surface area contributed by atoms with Gasteiger partial charge in [-0.2, -0.15) is 18.3 Å². The van der Waals surface area contributed by atoms with Crippen molar-refractivity contribution in [3.05, 3.63) is 48.6 Å². The molecule has 0 aliphatic heterocycles. The molecule has 0 amide bonds. The number of hydrogen-bond acceptors (Lipinski definition) is 5. The van der Waals surface area contributed by atoms with Crippen molar-refractivity contribution in [2.24, 2.45) is 0 Å². The van der Waals surface area contributed by atoms with Crippen LogP contribution in [0.1, 0.15) is 18.2 Å². The first-order valence-corrected chi connectivity index (χ1v) is 9.09. The minimum Gasteiger partial charge on any atom is -0.251 e. The average Bonchev–Trinajstić information content (AvgIpc) is 3.03. The summed E-state index contributed by atoms with van der Waals surface area (Å²) in [7, 11) is -3.65. The van der Waals surface area contributed by atoms with Gasteiger partial charge in [0, 0.05) is 24.0 Å². The van der Waals surface area contributed by atoms with Crippen molar-refractivity contribution in [1.29, 1.82) is 0 Å². The molecule has 3 aromatic rings. The Labute approximate surface area is 146 Å². The molecule has 3 heterocycles. The van der Waals surface area contributed by atoms with Gasteiger partial charge < -0.3 is 0 Å². The van der Waals surface area contributed by atoms with E-state index in [0.717, 1.165) is 16.9 Å². The number of fused-ring (bicyclic) bond motifs is 1. The fraction of sp³-hybridized carbons (Fsp3) is 0.188. The summed E-state index contributed by atoms with van der Waals surface area (Å²) >= 11 is 0. The molecule has 6 nitrogen and oxygen atoms in total. The van der Waals surface area contributed by atoms with Gasteiger partial charge in [0.15, 0.2) is 15.7 Å². The molecule has 0 aliphatic carbocycles. The van der Waals surface area contributed by atoms with Gasteiger partial charge in [-0.05, 0) is 17.7 Å². The van der Waals surface area contributed by atoms with Gasteiger partial charge in [0.1, 0.15) is 10.6 Å². The Balaban J connectivity index is 2.22. The Hall–Kier alpha value is -2.75. The number of aromatic nitrogens is 4. The molecule has 3 rings (SSSR count). The summed E-state index contributed by atoms with van der Waals surface area (Å²) in [6, 6.07) is 2.21. The Morgan fingerprint density at radius 2 is 1.96 bits per heavy atom. The van der Waals surface area contributed by atoms with Crippen LogP contribution in [-0.2, 0) is 16.0 Å². The van der Waals surface area contributed by atoms with Gasteiger partial charge in [0.25, 0.3) is 0 Å². The van der Waals surface area contributed by atoms with Gasteiger partial charge in [-0.1, -0.05) is 19.6 Å². The number of alkyl halides is 3. The van der Waals surface area contributed by atoms with E-state index in [1.807, 2.05) is 0 Å². The lowest BCUT2D eigenvalue weighted by atomic mass is 10.3. The Morgan fingerprint density at radius 1 is 1.23 bits per heavy atom. The van der Waals surface area contributed by atoms with E-state index in [0.29, 0.717) is 10.9 Å². The van der Waals surface area contributed by atoms with Gasteiger partial charge in [0.05, 0.1) is 11.3 Å². The van der Waals surface area contributed by atoms with Crippen molar-refractivity contribution >= 4 is 26.8 Å². The first-order chi connectivity index (χ1) is 12.2. The van der Waals surface area contributed by atoms with E-state index in [1.165, 1.54) is 31.5 Å². The van der Waals surface area contributed by atoms with Gasteiger partial charge >= 0.3 is 6.18 Å². The van der Waals surface area contributed by atoms with Crippen LogP contribution in [0.25, 0.3) is 22.8 Å². The minimum absolute atomic E-state index is 0.00205. The number of hydrogen-bond donors (Lipinski definition) is 0. The molecule has 0 aromatic carbocycles. The van der Waals surface area contributed by atoms with Crippen molar-refractivity contribution in [3.8, 4) is 5.82 Å². The Morgan fingerprint density at radius 3 is 2.58 bits per heavy atom. The fourth-order valence-electron chi connectivity index (χ4n) is 2.30. The highest BCUT2D eigenvalue weighted by molar-refractivity contribution is 7.91. The predicted molar refractivity (Wildman–Crippen MR) is 89.5 cm³/mol. The lowest BCUT2D eigenvalue weighted by molar-refractivity contribution is -0.141. The van der Waals surface area contributed by atoms with Crippen LogP contribution in [0, 0.1) is 0 Å². The normalized spacial score (nSPS) is 12.5. The summed E-state index contributed by atoms with van der Waals surface area (Å²) in [5.74, 6) is -0.162. The molecular formula is C16H13F3N4O2S. The molecule has 0 unspecified atom stereocenters. The highest BCUT2D eigenvalue weighted by Crippen LogP contribution is 2.30. The van der Waals surface area contributed by atoms with E-state index >= 15 is 0 Å². The minimum atomic E-state index is -4.60. The van der Waals surface area contributed by atoms with E-state index in [2.05, 4.69) is 21.6 Å². The van der Waals surface area contributed by atoms with Crippen molar-refractivity contribution in [3.63, 3.8) is 0 Å². The zero-order valence-corrected chi connectivity index (χ0v) is 14.3. The van der Waals surface area contributed by atoms with Crippen molar-refractivity contribution in [1.82, 2.24) is 19.7 Å². The highest BCUT2D eigenvalue weighted by atomic mass is 32.2. The largest absolute Gasteiger partial charge is 0.433 e. The highest BCUT2D eigenvalue weighted by Gasteiger charge is 2.33. The van der Waals surface area contributed by atoms with E-state index in [-0.39, 0.29) is 22.0 Å². The van der Waals surface area contributed by atoms with E-state index < -0.39 is 21.7 Å². The monoisotopic (exact) mass is 382 g/mol. The van der Waals surface area contributed by atoms with Crippen LogP contribution in [0.3, 0.4) is 0 Å². The first-order valence-electron chi connectivity index (χ1n) is 7.44. The van der Waals surface area contributed by atoms with Gasteiger partial charge in [0.2, 0.25) is 0 Å². The van der Waals surface area contributed by atoms with Crippen LogP contribution in [0.2, 0.25) is 0 Å². The molecule has 26 heavy (non-hydrogen) atoms.